The Morgan fingerprint density at radius 2 is 1.76 bits per heavy atom. The lowest BCUT2D eigenvalue weighted by atomic mass is 10.0. The fourth-order valence-electron chi connectivity index (χ4n) is 2.05. The normalized spacial score (nSPS) is 13.9. The van der Waals surface area contributed by atoms with Crippen molar-refractivity contribution in [1.82, 2.24) is 10.2 Å². The van der Waals surface area contributed by atoms with Crippen LogP contribution in [0.15, 0.2) is 0 Å². The Morgan fingerprint density at radius 3 is 2.18 bits per heavy atom. The highest BCUT2D eigenvalue weighted by Gasteiger charge is 2.17. The average Bonchev–Trinajstić information content (AvgIpc) is 2.24. The summed E-state index contributed by atoms with van der Waals surface area (Å²) in [6.07, 6.45) is 0. The first-order chi connectivity index (χ1) is 8.01. The summed E-state index contributed by atoms with van der Waals surface area (Å²) in [7, 11) is 1.78. The van der Waals surface area contributed by atoms with E-state index in [1.165, 1.54) is 0 Å². The highest BCUT2D eigenvalue weighted by molar-refractivity contribution is 4.75. The van der Waals surface area contributed by atoms with Crippen LogP contribution in [0.3, 0.4) is 0 Å². The van der Waals surface area contributed by atoms with E-state index in [0.717, 1.165) is 32.8 Å². The van der Waals surface area contributed by atoms with Crippen LogP contribution in [0.5, 0.6) is 0 Å². The van der Waals surface area contributed by atoms with E-state index in [4.69, 9.17) is 4.74 Å². The number of hydrogen-bond acceptors (Lipinski definition) is 3. The molecule has 1 atom stereocenters. The lowest BCUT2D eigenvalue weighted by Crippen LogP contribution is -2.46. The molecule has 0 radical (unpaired) electrons. The van der Waals surface area contributed by atoms with E-state index in [-0.39, 0.29) is 0 Å². The zero-order valence-corrected chi connectivity index (χ0v) is 12.6. The molecule has 3 heteroatoms. The molecule has 3 nitrogen and oxygen atoms in total. The molecule has 0 aromatic carbocycles. The van der Waals surface area contributed by atoms with Gasteiger partial charge in [0.2, 0.25) is 0 Å². The molecule has 0 amide bonds. The molecule has 0 aromatic rings. The predicted octanol–water partition coefficient (Wildman–Crippen LogP) is 2.22. The Hall–Kier alpha value is -0.120. The van der Waals surface area contributed by atoms with E-state index >= 15 is 0 Å². The van der Waals surface area contributed by atoms with Crippen molar-refractivity contribution in [3.8, 4) is 0 Å². The highest BCUT2D eigenvalue weighted by atomic mass is 16.5. The van der Waals surface area contributed by atoms with Crippen LogP contribution in [-0.2, 0) is 4.74 Å². The van der Waals surface area contributed by atoms with E-state index < -0.39 is 0 Å². The van der Waals surface area contributed by atoms with Crippen molar-refractivity contribution >= 4 is 0 Å². The first-order valence-corrected chi connectivity index (χ1v) is 6.95. The van der Waals surface area contributed by atoms with Crippen LogP contribution in [0.2, 0.25) is 0 Å². The Balaban J connectivity index is 4.24. The molecule has 104 valence electrons. The van der Waals surface area contributed by atoms with E-state index in [9.17, 15) is 0 Å². The highest BCUT2D eigenvalue weighted by Crippen LogP contribution is 2.06. The average molecular weight is 244 g/mol. The summed E-state index contributed by atoms with van der Waals surface area (Å²) in [5.41, 5.74) is 0. The van der Waals surface area contributed by atoms with Crippen LogP contribution in [0.4, 0.5) is 0 Å². The maximum absolute atomic E-state index is 5.19. The second-order valence-electron chi connectivity index (χ2n) is 5.55. The van der Waals surface area contributed by atoms with Crippen LogP contribution in [0, 0.1) is 11.8 Å². The van der Waals surface area contributed by atoms with Gasteiger partial charge in [0.05, 0.1) is 6.61 Å². The molecule has 0 heterocycles. The van der Waals surface area contributed by atoms with Crippen molar-refractivity contribution in [2.45, 2.75) is 40.7 Å². The van der Waals surface area contributed by atoms with Gasteiger partial charge in [-0.15, -0.1) is 0 Å². The zero-order chi connectivity index (χ0) is 13.3. The van der Waals surface area contributed by atoms with Gasteiger partial charge in [-0.25, -0.2) is 0 Å². The summed E-state index contributed by atoms with van der Waals surface area (Å²) in [6.45, 7) is 16.5. The molecule has 0 aliphatic carbocycles. The summed E-state index contributed by atoms with van der Waals surface area (Å²) >= 11 is 0. The molecule has 0 aliphatic rings. The van der Waals surface area contributed by atoms with Gasteiger partial charge in [-0.1, -0.05) is 34.6 Å². The lowest BCUT2D eigenvalue weighted by molar-refractivity contribution is 0.127. The lowest BCUT2D eigenvalue weighted by Gasteiger charge is -2.31. The number of likely N-dealkylation sites (N-methyl/N-ethyl adjacent to an activating group) is 1. The summed E-state index contributed by atoms with van der Waals surface area (Å²) in [5.74, 6) is 1.38. The van der Waals surface area contributed by atoms with Gasteiger partial charge in [0.1, 0.15) is 0 Å². The largest absolute Gasteiger partial charge is 0.383 e. The zero-order valence-electron chi connectivity index (χ0n) is 12.6. The second kappa shape index (κ2) is 9.86. The Bertz CT molecular complexity index is 172. The SMILES string of the molecule is CCNC(CN(CCOC)CC(C)C)C(C)C. The molecular formula is C14H32N2O. The summed E-state index contributed by atoms with van der Waals surface area (Å²) in [6, 6.07) is 0.579. The quantitative estimate of drug-likeness (QED) is 0.638. The van der Waals surface area contributed by atoms with Crippen molar-refractivity contribution < 1.29 is 4.74 Å². The van der Waals surface area contributed by atoms with Crippen molar-refractivity contribution in [2.24, 2.45) is 11.8 Å². The Kier molecular flexibility index (Phi) is 9.79. The third-order valence-electron chi connectivity index (χ3n) is 2.96. The molecule has 0 saturated carbocycles. The number of methoxy groups -OCH3 is 1. The van der Waals surface area contributed by atoms with Crippen molar-refractivity contribution in [3.05, 3.63) is 0 Å². The van der Waals surface area contributed by atoms with Gasteiger partial charge in [0, 0.05) is 32.8 Å². The first kappa shape index (κ1) is 16.9. The number of rotatable bonds is 10. The Labute approximate surface area is 108 Å². The minimum absolute atomic E-state index is 0.579. The van der Waals surface area contributed by atoms with Crippen molar-refractivity contribution in [2.75, 3.05) is 39.9 Å². The molecule has 17 heavy (non-hydrogen) atoms. The van der Waals surface area contributed by atoms with Crippen molar-refractivity contribution in [1.29, 1.82) is 0 Å². The number of nitrogens with one attached hydrogen (secondary N) is 1. The van der Waals surface area contributed by atoms with Crippen LogP contribution in [-0.4, -0.2) is 50.8 Å². The molecule has 0 aromatic heterocycles. The van der Waals surface area contributed by atoms with Crippen LogP contribution in [0.1, 0.15) is 34.6 Å². The van der Waals surface area contributed by atoms with Gasteiger partial charge in [0.15, 0.2) is 0 Å². The number of ether oxygens (including phenoxy) is 1. The summed E-state index contributed by atoms with van der Waals surface area (Å²) in [4.78, 5) is 2.52. The van der Waals surface area contributed by atoms with E-state index in [1.807, 2.05) is 0 Å². The van der Waals surface area contributed by atoms with Gasteiger partial charge in [0.25, 0.3) is 0 Å². The maximum Gasteiger partial charge on any atom is 0.0589 e. The van der Waals surface area contributed by atoms with Gasteiger partial charge < -0.3 is 10.1 Å². The van der Waals surface area contributed by atoms with E-state index in [2.05, 4.69) is 44.8 Å². The first-order valence-electron chi connectivity index (χ1n) is 6.95. The summed E-state index contributed by atoms with van der Waals surface area (Å²) < 4.78 is 5.19. The minimum Gasteiger partial charge on any atom is -0.383 e. The van der Waals surface area contributed by atoms with Crippen LogP contribution in [0.25, 0.3) is 0 Å². The molecule has 0 aliphatic heterocycles. The standard InChI is InChI=1S/C14H32N2O/c1-7-15-14(13(4)5)11-16(8-9-17-6)10-12(2)3/h12-15H,7-11H2,1-6H3. The van der Waals surface area contributed by atoms with Gasteiger partial charge in [-0.3, -0.25) is 4.90 Å². The topological polar surface area (TPSA) is 24.5 Å². The third kappa shape index (κ3) is 8.58. The third-order valence-corrected chi connectivity index (χ3v) is 2.96. The van der Waals surface area contributed by atoms with Gasteiger partial charge >= 0.3 is 0 Å². The molecule has 0 saturated heterocycles. The van der Waals surface area contributed by atoms with E-state index in [1.54, 1.807) is 7.11 Å². The fourth-order valence-corrected chi connectivity index (χ4v) is 2.05. The maximum atomic E-state index is 5.19. The second-order valence-corrected chi connectivity index (χ2v) is 5.55. The summed E-state index contributed by atoms with van der Waals surface area (Å²) in [5, 5.41) is 3.58. The van der Waals surface area contributed by atoms with Gasteiger partial charge in [-0.2, -0.15) is 0 Å². The molecule has 1 N–H and O–H groups in total. The molecule has 1 unspecified atom stereocenters. The van der Waals surface area contributed by atoms with Gasteiger partial charge in [-0.05, 0) is 18.4 Å². The van der Waals surface area contributed by atoms with E-state index in [0.29, 0.717) is 17.9 Å². The molecular weight excluding hydrogens is 212 g/mol. The fraction of sp³-hybridized carbons (Fsp3) is 1.00. The monoisotopic (exact) mass is 244 g/mol. The number of hydrogen-bond donors (Lipinski definition) is 1. The Morgan fingerprint density at radius 1 is 1.12 bits per heavy atom. The van der Waals surface area contributed by atoms with Crippen molar-refractivity contribution in [3.63, 3.8) is 0 Å². The molecule has 0 rings (SSSR count). The minimum atomic E-state index is 0.579. The molecule has 0 spiro atoms. The molecule has 0 fully saturated rings. The van der Waals surface area contributed by atoms with Crippen LogP contribution < -0.4 is 5.32 Å². The smallest absolute Gasteiger partial charge is 0.0589 e. The predicted molar refractivity (Wildman–Crippen MR) is 75.5 cm³/mol. The van der Waals surface area contributed by atoms with Crippen LogP contribution >= 0.6 is 0 Å². The number of nitrogens with zero attached hydrogens (tertiary/aromatic N) is 1. The molecule has 0 bridgehead atoms.